The quantitative estimate of drug-likeness (QED) is 0.691. The zero-order valence-corrected chi connectivity index (χ0v) is 12.1. The van der Waals surface area contributed by atoms with Gasteiger partial charge in [-0.05, 0) is 51.5 Å². The molecule has 2 unspecified atom stereocenters. The van der Waals surface area contributed by atoms with Gasteiger partial charge in [0.15, 0.2) is 0 Å². The maximum absolute atomic E-state index is 9.40. The van der Waals surface area contributed by atoms with Crippen LogP contribution in [0.3, 0.4) is 0 Å². The van der Waals surface area contributed by atoms with Crippen molar-refractivity contribution in [1.29, 1.82) is 5.26 Å². The monoisotopic (exact) mass is 248 g/mol. The molecule has 2 nitrogen and oxygen atoms in total. The Morgan fingerprint density at radius 1 is 0.944 bits per heavy atom. The highest BCUT2D eigenvalue weighted by Gasteiger charge is 2.32. The molecule has 2 rings (SSSR count). The molecular formula is C16H28N2. The third-order valence-corrected chi connectivity index (χ3v) is 5.23. The molecule has 0 aliphatic heterocycles. The molecule has 0 aromatic heterocycles. The summed E-state index contributed by atoms with van der Waals surface area (Å²) in [6, 6.07) is 3.84. The van der Waals surface area contributed by atoms with Crippen LogP contribution >= 0.6 is 0 Å². The topological polar surface area (TPSA) is 27.0 Å². The maximum atomic E-state index is 9.40. The van der Waals surface area contributed by atoms with Gasteiger partial charge in [-0.15, -0.1) is 0 Å². The molecule has 2 saturated carbocycles. The van der Waals surface area contributed by atoms with E-state index in [-0.39, 0.29) is 5.92 Å². The Morgan fingerprint density at radius 2 is 1.61 bits per heavy atom. The molecule has 2 heteroatoms. The predicted octanol–water partition coefficient (Wildman–Crippen LogP) is 3.97. The molecule has 0 heterocycles. The molecule has 0 aromatic carbocycles. The first-order valence-corrected chi connectivity index (χ1v) is 7.84. The van der Waals surface area contributed by atoms with E-state index in [0.717, 1.165) is 18.4 Å². The molecular weight excluding hydrogens is 220 g/mol. The van der Waals surface area contributed by atoms with Crippen molar-refractivity contribution < 1.29 is 0 Å². The lowest BCUT2D eigenvalue weighted by Crippen LogP contribution is -2.45. The summed E-state index contributed by atoms with van der Waals surface area (Å²) in [6.45, 7) is 2.37. The minimum absolute atomic E-state index is 0.275. The van der Waals surface area contributed by atoms with Gasteiger partial charge in [-0.1, -0.05) is 26.2 Å². The zero-order valence-electron chi connectivity index (χ0n) is 12.1. The van der Waals surface area contributed by atoms with Crippen molar-refractivity contribution in [3.63, 3.8) is 0 Å². The molecule has 0 aromatic rings. The molecule has 0 saturated heterocycles. The van der Waals surface area contributed by atoms with Gasteiger partial charge in [0.25, 0.3) is 0 Å². The number of nitriles is 1. The molecule has 0 spiro atoms. The highest BCUT2D eigenvalue weighted by Crippen LogP contribution is 2.32. The Bertz CT molecular complexity index is 286. The SMILES string of the molecule is CC1CCC(N(C)C2CCCCCC2C#N)CC1. The van der Waals surface area contributed by atoms with Crippen LogP contribution in [-0.2, 0) is 0 Å². The Hall–Kier alpha value is -0.550. The summed E-state index contributed by atoms with van der Waals surface area (Å²) >= 11 is 0. The fraction of sp³-hybridized carbons (Fsp3) is 0.938. The lowest BCUT2D eigenvalue weighted by Gasteiger charge is -2.39. The van der Waals surface area contributed by atoms with Crippen molar-refractivity contribution in [2.75, 3.05) is 7.05 Å². The summed E-state index contributed by atoms with van der Waals surface area (Å²) in [5.41, 5.74) is 0. The van der Waals surface area contributed by atoms with E-state index in [1.165, 1.54) is 51.4 Å². The molecule has 102 valence electrons. The molecule has 2 aliphatic rings. The second-order valence-electron chi connectivity index (χ2n) is 6.52. The van der Waals surface area contributed by atoms with Crippen molar-refractivity contribution in [2.24, 2.45) is 11.8 Å². The van der Waals surface area contributed by atoms with Crippen molar-refractivity contribution in [3.8, 4) is 6.07 Å². The molecule has 0 radical (unpaired) electrons. The van der Waals surface area contributed by atoms with E-state index in [4.69, 9.17) is 0 Å². The zero-order chi connectivity index (χ0) is 13.0. The highest BCUT2D eigenvalue weighted by molar-refractivity contribution is 4.96. The lowest BCUT2D eigenvalue weighted by molar-refractivity contribution is 0.0972. The fourth-order valence-electron chi connectivity index (χ4n) is 3.85. The third-order valence-electron chi connectivity index (χ3n) is 5.23. The van der Waals surface area contributed by atoms with Gasteiger partial charge in [-0.3, -0.25) is 4.90 Å². The molecule has 2 atom stereocenters. The van der Waals surface area contributed by atoms with Crippen LogP contribution in [0.25, 0.3) is 0 Å². The van der Waals surface area contributed by atoms with Crippen molar-refractivity contribution in [1.82, 2.24) is 4.90 Å². The number of nitrogens with zero attached hydrogens (tertiary/aromatic N) is 2. The lowest BCUT2D eigenvalue weighted by atomic mass is 9.84. The summed E-state index contributed by atoms with van der Waals surface area (Å²) in [6.07, 6.45) is 11.7. The highest BCUT2D eigenvalue weighted by atomic mass is 15.2. The van der Waals surface area contributed by atoms with Crippen molar-refractivity contribution in [3.05, 3.63) is 0 Å². The fourth-order valence-corrected chi connectivity index (χ4v) is 3.85. The van der Waals surface area contributed by atoms with Crippen LogP contribution in [0.5, 0.6) is 0 Å². The summed E-state index contributed by atoms with van der Waals surface area (Å²) in [7, 11) is 2.28. The van der Waals surface area contributed by atoms with Gasteiger partial charge >= 0.3 is 0 Å². The number of hydrogen-bond donors (Lipinski definition) is 0. The first-order valence-electron chi connectivity index (χ1n) is 7.84. The van der Waals surface area contributed by atoms with Crippen LogP contribution in [0.1, 0.15) is 64.7 Å². The van der Waals surface area contributed by atoms with Crippen LogP contribution in [0.2, 0.25) is 0 Å². The second kappa shape index (κ2) is 6.57. The predicted molar refractivity (Wildman–Crippen MR) is 75.2 cm³/mol. The average molecular weight is 248 g/mol. The van der Waals surface area contributed by atoms with Gasteiger partial charge in [0.1, 0.15) is 0 Å². The maximum Gasteiger partial charge on any atom is 0.0672 e. The number of hydrogen-bond acceptors (Lipinski definition) is 2. The molecule has 0 bridgehead atoms. The largest absolute Gasteiger partial charge is 0.299 e. The van der Waals surface area contributed by atoms with Crippen LogP contribution in [-0.4, -0.2) is 24.0 Å². The Kier molecular flexibility index (Phi) is 5.06. The Labute approximate surface area is 112 Å². The number of rotatable bonds is 2. The van der Waals surface area contributed by atoms with E-state index in [1.807, 2.05) is 0 Å². The minimum Gasteiger partial charge on any atom is -0.299 e. The smallest absolute Gasteiger partial charge is 0.0672 e. The van der Waals surface area contributed by atoms with E-state index in [9.17, 15) is 5.26 Å². The van der Waals surface area contributed by atoms with Gasteiger partial charge in [-0.2, -0.15) is 5.26 Å². The average Bonchev–Trinajstić information content (AvgIpc) is 2.63. The van der Waals surface area contributed by atoms with Gasteiger partial charge in [-0.25, -0.2) is 0 Å². The second-order valence-corrected chi connectivity index (χ2v) is 6.52. The van der Waals surface area contributed by atoms with Crippen LogP contribution in [0.4, 0.5) is 0 Å². The molecule has 2 aliphatic carbocycles. The normalized spacial score (nSPS) is 38.1. The summed E-state index contributed by atoms with van der Waals surface area (Å²) in [5, 5.41) is 9.40. The van der Waals surface area contributed by atoms with Gasteiger partial charge in [0.05, 0.1) is 12.0 Å². The van der Waals surface area contributed by atoms with E-state index in [2.05, 4.69) is 24.9 Å². The van der Waals surface area contributed by atoms with E-state index in [1.54, 1.807) is 0 Å². The van der Waals surface area contributed by atoms with Gasteiger partial charge < -0.3 is 0 Å². The van der Waals surface area contributed by atoms with Crippen LogP contribution < -0.4 is 0 Å². The van der Waals surface area contributed by atoms with Crippen molar-refractivity contribution in [2.45, 2.75) is 76.8 Å². The summed E-state index contributed by atoms with van der Waals surface area (Å²) < 4.78 is 0. The van der Waals surface area contributed by atoms with E-state index >= 15 is 0 Å². The Morgan fingerprint density at radius 3 is 2.28 bits per heavy atom. The first-order chi connectivity index (χ1) is 8.72. The molecule has 0 N–H and O–H groups in total. The van der Waals surface area contributed by atoms with Crippen molar-refractivity contribution >= 4 is 0 Å². The standard InChI is InChI=1S/C16H28N2/c1-13-8-10-15(11-9-13)18(2)16-7-5-3-4-6-14(16)12-17/h13-16H,3-11H2,1-2H3. The Balaban J connectivity index is 1.97. The van der Waals surface area contributed by atoms with Crippen LogP contribution in [0, 0.1) is 23.2 Å². The molecule has 18 heavy (non-hydrogen) atoms. The van der Waals surface area contributed by atoms with E-state index < -0.39 is 0 Å². The van der Waals surface area contributed by atoms with E-state index in [0.29, 0.717) is 6.04 Å². The van der Waals surface area contributed by atoms with Crippen LogP contribution in [0.15, 0.2) is 0 Å². The van der Waals surface area contributed by atoms with Gasteiger partial charge in [0.2, 0.25) is 0 Å². The molecule has 2 fully saturated rings. The summed E-state index contributed by atoms with van der Waals surface area (Å²) in [5.74, 6) is 1.19. The third kappa shape index (κ3) is 3.26. The van der Waals surface area contributed by atoms with Gasteiger partial charge in [0, 0.05) is 12.1 Å². The summed E-state index contributed by atoms with van der Waals surface area (Å²) in [4.78, 5) is 2.57. The first kappa shape index (κ1) is 13.9. The minimum atomic E-state index is 0.275. The molecule has 0 amide bonds.